The molecule has 4 aromatic rings. The van der Waals surface area contributed by atoms with Gasteiger partial charge in [0.05, 0.1) is 31.0 Å². The lowest BCUT2D eigenvalue weighted by Crippen LogP contribution is -2.27. The number of rotatable bonds is 5. The van der Waals surface area contributed by atoms with Gasteiger partial charge >= 0.3 is 0 Å². The summed E-state index contributed by atoms with van der Waals surface area (Å²) >= 11 is 1.71. The van der Waals surface area contributed by atoms with E-state index in [2.05, 4.69) is 33.6 Å². The SMILES string of the molecule is COc1ccc2c(CN(c3ccc(C#N)cc3)n3ccnc3)csc2c1. The molecule has 0 aliphatic heterocycles. The number of ether oxygens (including phenoxy) is 1. The first kappa shape index (κ1) is 16.2. The van der Waals surface area contributed by atoms with E-state index in [0.717, 1.165) is 11.4 Å². The Morgan fingerprint density at radius 2 is 2.08 bits per heavy atom. The van der Waals surface area contributed by atoms with Crippen molar-refractivity contribution in [3.05, 3.63) is 77.7 Å². The number of methoxy groups -OCH3 is 1. The van der Waals surface area contributed by atoms with Gasteiger partial charge in [-0.2, -0.15) is 5.26 Å². The highest BCUT2D eigenvalue weighted by Gasteiger charge is 2.13. The van der Waals surface area contributed by atoms with Crippen LogP contribution in [-0.4, -0.2) is 16.8 Å². The molecule has 5 nitrogen and oxygen atoms in total. The van der Waals surface area contributed by atoms with Crippen molar-refractivity contribution in [3.8, 4) is 11.8 Å². The van der Waals surface area contributed by atoms with Crippen LogP contribution in [0.1, 0.15) is 11.1 Å². The molecule has 0 N–H and O–H groups in total. The third kappa shape index (κ3) is 3.01. The van der Waals surface area contributed by atoms with Crippen LogP contribution < -0.4 is 9.75 Å². The lowest BCUT2D eigenvalue weighted by molar-refractivity contribution is 0.415. The van der Waals surface area contributed by atoms with Gasteiger partial charge in [0, 0.05) is 17.1 Å². The van der Waals surface area contributed by atoms with Gasteiger partial charge in [-0.15, -0.1) is 11.3 Å². The van der Waals surface area contributed by atoms with Crippen molar-refractivity contribution in [1.82, 2.24) is 9.66 Å². The molecule has 128 valence electrons. The third-order valence-corrected chi connectivity index (χ3v) is 5.24. The second-order valence-corrected chi connectivity index (χ2v) is 6.69. The normalized spacial score (nSPS) is 10.6. The highest BCUT2D eigenvalue weighted by molar-refractivity contribution is 7.17. The van der Waals surface area contributed by atoms with E-state index in [1.54, 1.807) is 31.0 Å². The molecule has 2 aromatic carbocycles. The minimum absolute atomic E-state index is 0.646. The quantitative estimate of drug-likeness (QED) is 0.528. The highest BCUT2D eigenvalue weighted by atomic mass is 32.1. The topological polar surface area (TPSA) is 54.1 Å². The van der Waals surface area contributed by atoms with Crippen LogP contribution in [0.15, 0.2) is 66.6 Å². The molecule has 2 heterocycles. The number of anilines is 1. The Hall–Kier alpha value is -3.30. The summed E-state index contributed by atoms with van der Waals surface area (Å²) in [5.74, 6) is 0.865. The molecular formula is C20H16N4OS. The van der Waals surface area contributed by atoms with Crippen LogP contribution in [0, 0.1) is 11.3 Å². The molecular weight excluding hydrogens is 344 g/mol. The van der Waals surface area contributed by atoms with Gasteiger partial charge in [0.25, 0.3) is 0 Å². The molecule has 0 saturated carbocycles. The fraction of sp³-hybridized carbons (Fsp3) is 0.100. The number of hydrogen-bond acceptors (Lipinski definition) is 5. The maximum absolute atomic E-state index is 9.03. The van der Waals surface area contributed by atoms with Crippen molar-refractivity contribution in [2.45, 2.75) is 6.54 Å². The van der Waals surface area contributed by atoms with Crippen LogP contribution >= 0.6 is 11.3 Å². The number of thiophene rings is 1. The van der Waals surface area contributed by atoms with E-state index in [4.69, 9.17) is 10.00 Å². The van der Waals surface area contributed by atoms with Gasteiger partial charge < -0.3 is 4.74 Å². The molecule has 4 rings (SSSR count). The zero-order valence-corrected chi connectivity index (χ0v) is 15.0. The zero-order chi connectivity index (χ0) is 17.9. The highest BCUT2D eigenvalue weighted by Crippen LogP contribution is 2.31. The summed E-state index contributed by atoms with van der Waals surface area (Å²) in [5, 5.41) is 14.6. The number of fused-ring (bicyclic) bond motifs is 1. The molecule has 0 aliphatic carbocycles. The second-order valence-electron chi connectivity index (χ2n) is 5.78. The predicted molar refractivity (Wildman–Crippen MR) is 103 cm³/mol. The Kier molecular flexibility index (Phi) is 4.30. The Bertz CT molecular complexity index is 1060. The van der Waals surface area contributed by atoms with Crippen LogP contribution in [0.2, 0.25) is 0 Å². The number of aromatic nitrogens is 2. The van der Waals surface area contributed by atoms with Gasteiger partial charge in [-0.05, 0) is 58.8 Å². The summed E-state index contributed by atoms with van der Waals surface area (Å²) in [6.45, 7) is 0.689. The molecule has 0 amide bonds. The van der Waals surface area contributed by atoms with Crippen molar-refractivity contribution in [2.75, 3.05) is 12.1 Å². The Labute approximate surface area is 155 Å². The lowest BCUT2D eigenvalue weighted by Gasteiger charge is -2.25. The predicted octanol–water partition coefficient (Wildman–Crippen LogP) is 4.45. The van der Waals surface area contributed by atoms with Crippen LogP contribution in [-0.2, 0) is 6.54 Å². The average molecular weight is 360 g/mol. The van der Waals surface area contributed by atoms with Gasteiger partial charge in [0.1, 0.15) is 12.1 Å². The summed E-state index contributed by atoms with van der Waals surface area (Å²) in [7, 11) is 1.68. The van der Waals surface area contributed by atoms with E-state index >= 15 is 0 Å². The fourth-order valence-electron chi connectivity index (χ4n) is 2.88. The maximum Gasteiger partial charge on any atom is 0.120 e. The van der Waals surface area contributed by atoms with Crippen LogP contribution in [0.3, 0.4) is 0 Å². The van der Waals surface area contributed by atoms with Gasteiger partial charge in [0.2, 0.25) is 0 Å². The van der Waals surface area contributed by atoms with Crippen molar-refractivity contribution >= 4 is 27.1 Å². The first-order chi connectivity index (χ1) is 12.8. The molecule has 6 heteroatoms. The molecule has 0 fully saturated rings. The summed E-state index contributed by atoms with van der Waals surface area (Å²) in [6.07, 6.45) is 5.44. The molecule has 0 radical (unpaired) electrons. The van der Waals surface area contributed by atoms with Crippen LogP contribution in [0.4, 0.5) is 5.69 Å². The maximum atomic E-state index is 9.03. The Balaban J connectivity index is 1.72. The largest absolute Gasteiger partial charge is 0.497 e. The summed E-state index contributed by atoms with van der Waals surface area (Å²) in [5.41, 5.74) is 2.87. The van der Waals surface area contributed by atoms with Crippen molar-refractivity contribution in [1.29, 1.82) is 5.26 Å². The van der Waals surface area contributed by atoms with E-state index in [-0.39, 0.29) is 0 Å². The van der Waals surface area contributed by atoms with Gasteiger partial charge in [-0.3, -0.25) is 5.01 Å². The lowest BCUT2D eigenvalue weighted by atomic mass is 10.1. The van der Waals surface area contributed by atoms with Crippen molar-refractivity contribution in [2.24, 2.45) is 0 Å². The number of imidazole rings is 1. The monoisotopic (exact) mass is 360 g/mol. The first-order valence-electron chi connectivity index (χ1n) is 8.08. The van der Waals surface area contributed by atoms with Crippen LogP contribution in [0.5, 0.6) is 5.75 Å². The number of hydrogen-bond donors (Lipinski definition) is 0. The average Bonchev–Trinajstić information content (AvgIpc) is 3.36. The molecule has 26 heavy (non-hydrogen) atoms. The Morgan fingerprint density at radius 1 is 1.23 bits per heavy atom. The summed E-state index contributed by atoms with van der Waals surface area (Å²) in [6, 6.07) is 15.9. The molecule has 0 atom stereocenters. The smallest absolute Gasteiger partial charge is 0.120 e. The molecule has 0 aliphatic rings. The van der Waals surface area contributed by atoms with Gasteiger partial charge in [-0.25, -0.2) is 9.66 Å². The van der Waals surface area contributed by atoms with Crippen LogP contribution in [0.25, 0.3) is 10.1 Å². The van der Waals surface area contributed by atoms with Crippen molar-refractivity contribution in [3.63, 3.8) is 0 Å². The molecule has 0 unspecified atom stereocenters. The van der Waals surface area contributed by atoms with Gasteiger partial charge in [0.15, 0.2) is 0 Å². The van der Waals surface area contributed by atoms with E-state index in [0.29, 0.717) is 12.1 Å². The molecule has 0 bridgehead atoms. The van der Waals surface area contributed by atoms with E-state index in [1.165, 1.54) is 15.6 Å². The first-order valence-corrected chi connectivity index (χ1v) is 8.96. The Morgan fingerprint density at radius 3 is 2.77 bits per heavy atom. The number of benzene rings is 2. The minimum atomic E-state index is 0.646. The summed E-state index contributed by atoms with van der Waals surface area (Å²) in [4.78, 5) is 4.17. The van der Waals surface area contributed by atoms with E-state index in [9.17, 15) is 0 Å². The van der Waals surface area contributed by atoms with E-state index in [1.807, 2.05) is 41.2 Å². The van der Waals surface area contributed by atoms with Gasteiger partial charge in [-0.1, -0.05) is 0 Å². The van der Waals surface area contributed by atoms with E-state index < -0.39 is 0 Å². The van der Waals surface area contributed by atoms with Crippen molar-refractivity contribution < 1.29 is 4.74 Å². The number of nitrogens with zero attached hydrogens (tertiary/aromatic N) is 4. The molecule has 2 aromatic heterocycles. The molecule has 0 saturated heterocycles. The third-order valence-electron chi connectivity index (χ3n) is 4.25. The fourth-order valence-corrected chi connectivity index (χ4v) is 3.86. The standard InChI is InChI=1S/C20H16N4OS/c1-25-18-6-7-19-16(13-26-20(19)10-18)12-24(23-9-8-22-14-23)17-4-2-15(11-21)3-5-17/h2-10,13-14H,12H2,1H3. The number of nitriles is 1. The molecule has 0 spiro atoms. The second kappa shape index (κ2) is 6.90. The minimum Gasteiger partial charge on any atom is -0.497 e. The summed E-state index contributed by atoms with van der Waals surface area (Å²) < 4.78 is 8.47. The zero-order valence-electron chi connectivity index (χ0n) is 14.2.